The maximum absolute atomic E-state index is 10.9. The van der Waals surface area contributed by atoms with Crippen LogP contribution in [-0.4, -0.2) is 11.6 Å². The van der Waals surface area contributed by atoms with Crippen LogP contribution in [0.4, 0.5) is 0 Å². The lowest BCUT2D eigenvalue weighted by atomic mass is 10.0. The Morgan fingerprint density at radius 3 is 2.64 bits per heavy atom. The van der Waals surface area contributed by atoms with Crippen molar-refractivity contribution in [3.05, 3.63) is 11.6 Å². The molecule has 0 aromatic carbocycles. The maximum Gasteiger partial charge on any atom is 0.306 e. The number of rotatable bonds is 0. The second-order valence-corrected chi connectivity index (χ2v) is 3.53. The topological polar surface area (TPSA) is 26.3 Å². The minimum Gasteiger partial charge on any atom is -0.455 e. The summed E-state index contributed by atoms with van der Waals surface area (Å²) in [6.45, 7) is 2.10. The van der Waals surface area contributed by atoms with Gasteiger partial charge >= 0.3 is 5.97 Å². The Labute approximate surface area is 66.2 Å². The first-order valence-electron chi connectivity index (χ1n) is 4.10. The summed E-state index contributed by atoms with van der Waals surface area (Å²) in [5.74, 6) is -0.0315. The van der Waals surface area contributed by atoms with E-state index >= 15 is 0 Å². The van der Waals surface area contributed by atoms with Gasteiger partial charge in [0.15, 0.2) is 0 Å². The summed E-state index contributed by atoms with van der Waals surface area (Å²) in [4.78, 5) is 10.9. The number of carbonyl (C=O) groups excluding carboxylic acids is 1. The summed E-state index contributed by atoms with van der Waals surface area (Å²) in [6, 6.07) is 0. The number of carbonyl (C=O) groups is 1. The SMILES string of the molecule is CC1=CC2(CCC(=O)O2)CC1. The van der Waals surface area contributed by atoms with Crippen molar-refractivity contribution in [1.29, 1.82) is 0 Å². The maximum atomic E-state index is 10.9. The van der Waals surface area contributed by atoms with Gasteiger partial charge < -0.3 is 4.74 Å². The lowest BCUT2D eigenvalue weighted by Crippen LogP contribution is -2.21. The van der Waals surface area contributed by atoms with Crippen molar-refractivity contribution >= 4 is 5.97 Å². The van der Waals surface area contributed by atoms with E-state index in [0.717, 1.165) is 19.3 Å². The van der Waals surface area contributed by atoms with E-state index in [1.165, 1.54) is 5.57 Å². The average molecular weight is 152 g/mol. The van der Waals surface area contributed by atoms with E-state index in [9.17, 15) is 4.79 Å². The van der Waals surface area contributed by atoms with Crippen molar-refractivity contribution in [2.24, 2.45) is 0 Å². The minimum atomic E-state index is -0.179. The lowest BCUT2D eigenvalue weighted by molar-refractivity contribution is -0.145. The van der Waals surface area contributed by atoms with Gasteiger partial charge in [0.2, 0.25) is 0 Å². The second-order valence-electron chi connectivity index (χ2n) is 3.53. The van der Waals surface area contributed by atoms with Gasteiger partial charge in [0.05, 0.1) is 0 Å². The molecule has 60 valence electrons. The fourth-order valence-corrected chi connectivity index (χ4v) is 1.92. The van der Waals surface area contributed by atoms with E-state index < -0.39 is 0 Å². The van der Waals surface area contributed by atoms with Gasteiger partial charge in [-0.2, -0.15) is 0 Å². The quantitative estimate of drug-likeness (QED) is 0.391. The molecule has 11 heavy (non-hydrogen) atoms. The third-order valence-corrected chi connectivity index (χ3v) is 2.52. The van der Waals surface area contributed by atoms with Crippen molar-refractivity contribution in [2.75, 3.05) is 0 Å². The van der Waals surface area contributed by atoms with Gasteiger partial charge in [-0.05, 0) is 25.8 Å². The van der Waals surface area contributed by atoms with Crippen LogP contribution in [0.3, 0.4) is 0 Å². The molecular formula is C9H12O2. The van der Waals surface area contributed by atoms with Crippen molar-refractivity contribution in [3.63, 3.8) is 0 Å². The predicted molar refractivity (Wildman–Crippen MR) is 41.0 cm³/mol. The first-order chi connectivity index (χ1) is 5.20. The molecule has 2 aliphatic rings. The van der Waals surface area contributed by atoms with Crippen molar-refractivity contribution < 1.29 is 9.53 Å². The number of allylic oxidation sites excluding steroid dienone is 1. The Kier molecular flexibility index (Phi) is 1.31. The molecule has 0 radical (unpaired) electrons. The highest BCUT2D eigenvalue weighted by Crippen LogP contribution is 2.39. The molecule has 1 aliphatic heterocycles. The molecule has 1 atom stereocenters. The van der Waals surface area contributed by atoms with E-state index in [-0.39, 0.29) is 11.6 Å². The average Bonchev–Trinajstić information content (AvgIpc) is 2.44. The van der Waals surface area contributed by atoms with E-state index in [0.29, 0.717) is 6.42 Å². The number of hydrogen-bond acceptors (Lipinski definition) is 2. The normalized spacial score (nSPS) is 36.1. The lowest BCUT2D eigenvalue weighted by Gasteiger charge is -2.18. The Bertz CT molecular complexity index is 230. The van der Waals surface area contributed by atoms with Crippen molar-refractivity contribution in [1.82, 2.24) is 0 Å². The molecule has 0 bridgehead atoms. The predicted octanol–water partition coefficient (Wildman–Crippen LogP) is 1.80. The molecule has 1 aliphatic carbocycles. The fourth-order valence-electron chi connectivity index (χ4n) is 1.92. The zero-order valence-electron chi connectivity index (χ0n) is 6.72. The standard InChI is InChI=1S/C9H12O2/c1-7-2-4-9(6-7)5-3-8(10)11-9/h6H,2-5H2,1H3. The van der Waals surface area contributed by atoms with Gasteiger partial charge in [-0.1, -0.05) is 5.57 Å². The van der Waals surface area contributed by atoms with Crippen LogP contribution in [0.5, 0.6) is 0 Å². The van der Waals surface area contributed by atoms with Crippen LogP contribution >= 0.6 is 0 Å². The van der Waals surface area contributed by atoms with E-state index in [4.69, 9.17) is 4.74 Å². The van der Waals surface area contributed by atoms with Gasteiger partial charge in [0.1, 0.15) is 5.60 Å². The Hall–Kier alpha value is -0.790. The summed E-state index contributed by atoms with van der Waals surface area (Å²) in [5, 5.41) is 0. The summed E-state index contributed by atoms with van der Waals surface area (Å²) in [6.07, 6.45) is 5.71. The molecule has 1 heterocycles. The molecule has 1 fully saturated rings. The third-order valence-electron chi connectivity index (χ3n) is 2.52. The summed E-state index contributed by atoms with van der Waals surface area (Å²) in [5.41, 5.74) is 1.18. The largest absolute Gasteiger partial charge is 0.455 e. The van der Waals surface area contributed by atoms with Crippen LogP contribution < -0.4 is 0 Å². The summed E-state index contributed by atoms with van der Waals surface area (Å²) in [7, 11) is 0. The Morgan fingerprint density at radius 1 is 1.45 bits per heavy atom. The fraction of sp³-hybridized carbons (Fsp3) is 0.667. The highest BCUT2D eigenvalue weighted by molar-refractivity contribution is 5.73. The van der Waals surface area contributed by atoms with Crippen molar-refractivity contribution in [3.8, 4) is 0 Å². The number of hydrogen-bond donors (Lipinski definition) is 0. The van der Waals surface area contributed by atoms with E-state index in [1.807, 2.05) is 0 Å². The third kappa shape index (κ3) is 1.06. The van der Waals surface area contributed by atoms with Crippen LogP contribution in [0, 0.1) is 0 Å². The summed E-state index contributed by atoms with van der Waals surface area (Å²) < 4.78 is 5.26. The monoisotopic (exact) mass is 152 g/mol. The molecule has 2 rings (SSSR count). The molecule has 1 spiro atoms. The van der Waals surface area contributed by atoms with Gasteiger partial charge in [-0.25, -0.2) is 0 Å². The van der Waals surface area contributed by atoms with Gasteiger partial charge in [0, 0.05) is 12.8 Å². The molecule has 0 amide bonds. The molecule has 2 heteroatoms. The van der Waals surface area contributed by atoms with E-state index in [2.05, 4.69) is 13.0 Å². The molecule has 0 N–H and O–H groups in total. The van der Waals surface area contributed by atoms with Crippen molar-refractivity contribution in [2.45, 2.75) is 38.2 Å². The van der Waals surface area contributed by atoms with Crippen LogP contribution in [0.1, 0.15) is 32.6 Å². The zero-order chi connectivity index (χ0) is 7.90. The molecule has 2 nitrogen and oxygen atoms in total. The molecule has 0 aromatic rings. The molecular weight excluding hydrogens is 140 g/mol. The van der Waals surface area contributed by atoms with Gasteiger partial charge in [-0.15, -0.1) is 0 Å². The van der Waals surface area contributed by atoms with Crippen LogP contribution in [0.15, 0.2) is 11.6 Å². The molecule has 0 aromatic heterocycles. The number of esters is 1. The number of ether oxygens (including phenoxy) is 1. The van der Waals surface area contributed by atoms with E-state index in [1.54, 1.807) is 0 Å². The Morgan fingerprint density at radius 2 is 2.18 bits per heavy atom. The zero-order valence-corrected chi connectivity index (χ0v) is 6.72. The first-order valence-corrected chi connectivity index (χ1v) is 4.10. The smallest absolute Gasteiger partial charge is 0.306 e. The summed E-state index contributed by atoms with van der Waals surface area (Å²) >= 11 is 0. The highest BCUT2D eigenvalue weighted by atomic mass is 16.6. The van der Waals surface area contributed by atoms with Crippen LogP contribution in [-0.2, 0) is 9.53 Å². The molecule has 1 unspecified atom stereocenters. The van der Waals surface area contributed by atoms with Crippen LogP contribution in [0.25, 0.3) is 0 Å². The Balaban J connectivity index is 2.19. The van der Waals surface area contributed by atoms with Gasteiger partial charge in [0.25, 0.3) is 0 Å². The second kappa shape index (κ2) is 2.10. The molecule has 0 saturated carbocycles. The highest BCUT2D eigenvalue weighted by Gasteiger charge is 2.40. The molecule has 1 saturated heterocycles. The minimum absolute atomic E-state index is 0.0315. The van der Waals surface area contributed by atoms with Gasteiger partial charge in [-0.3, -0.25) is 4.79 Å². The first kappa shape index (κ1) is 6.89. The van der Waals surface area contributed by atoms with Crippen LogP contribution in [0.2, 0.25) is 0 Å².